The Labute approximate surface area is 110 Å². The van der Waals surface area contributed by atoms with Crippen LogP contribution in [0.15, 0.2) is 30.3 Å². The minimum atomic E-state index is 0.387. The van der Waals surface area contributed by atoms with Crippen LogP contribution in [-0.2, 0) is 4.74 Å². The summed E-state index contributed by atoms with van der Waals surface area (Å²) in [6, 6.07) is 11.0. The molecule has 0 aliphatic carbocycles. The molecule has 0 saturated carbocycles. The quantitative estimate of drug-likeness (QED) is 0.834. The standard InChI is InChI=1S/C15H24N2O/c1-16-15(13-7-4-3-5-8-13)12-17(2)11-14-9-6-10-18-14/h3-5,7-8,14-16H,6,9-12H2,1-2H3. The monoisotopic (exact) mass is 248 g/mol. The zero-order valence-electron chi connectivity index (χ0n) is 11.4. The lowest BCUT2D eigenvalue weighted by atomic mass is 10.1. The molecule has 1 aliphatic heterocycles. The Bertz CT molecular complexity index is 336. The summed E-state index contributed by atoms with van der Waals surface area (Å²) in [5.74, 6) is 0. The largest absolute Gasteiger partial charge is 0.377 e. The van der Waals surface area contributed by atoms with E-state index in [4.69, 9.17) is 4.74 Å². The van der Waals surface area contributed by atoms with E-state index in [1.165, 1.54) is 18.4 Å². The summed E-state index contributed by atoms with van der Waals surface area (Å²) >= 11 is 0. The van der Waals surface area contributed by atoms with Crippen molar-refractivity contribution in [3.05, 3.63) is 35.9 Å². The third-order valence-electron chi connectivity index (χ3n) is 3.58. The van der Waals surface area contributed by atoms with E-state index in [0.717, 1.165) is 19.7 Å². The Morgan fingerprint density at radius 2 is 2.17 bits per heavy atom. The molecule has 0 amide bonds. The van der Waals surface area contributed by atoms with Crippen LogP contribution in [0, 0.1) is 0 Å². The van der Waals surface area contributed by atoms with Crippen molar-refractivity contribution >= 4 is 0 Å². The number of benzene rings is 1. The summed E-state index contributed by atoms with van der Waals surface area (Å²) in [6.45, 7) is 2.98. The van der Waals surface area contributed by atoms with Crippen LogP contribution in [0.1, 0.15) is 24.4 Å². The van der Waals surface area contributed by atoms with Crippen LogP contribution in [0.4, 0.5) is 0 Å². The maximum atomic E-state index is 5.68. The number of ether oxygens (including phenoxy) is 1. The normalized spacial score (nSPS) is 21.4. The van der Waals surface area contributed by atoms with Crippen LogP contribution in [0.3, 0.4) is 0 Å². The molecule has 3 nitrogen and oxygen atoms in total. The molecule has 1 aromatic rings. The van der Waals surface area contributed by atoms with Crippen LogP contribution in [0.2, 0.25) is 0 Å². The predicted molar refractivity (Wildman–Crippen MR) is 74.7 cm³/mol. The van der Waals surface area contributed by atoms with Gasteiger partial charge in [-0.25, -0.2) is 0 Å². The van der Waals surface area contributed by atoms with Gasteiger partial charge in [-0.3, -0.25) is 0 Å². The molecular weight excluding hydrogens is 224 g/mol. The molecule has 1 fully saturated rings. The van der Waals surface area contributed by atoms with Crippen LogP contribution in [0.5, 0.6) is 0 Å². The summed E-state index contributed by atoms with van der Waals surface area (Å²) < 4.78 is 5.68. The molecule has 1 N–H and O–H groups in total. The van der Waals surface area contributed by atoms with Crippen LogP contribution in [0.25, 0.3) is 0 Å². The molecule has 0 bridgehead atoms. The molecule has 1 aromatic carbocycles. The number of nitrogens with zero attached hydrogens (tertiary/aromatic N) is 1. The lowest BCUT2D eigenvalue weighted by molar-refractivity contribution is 0.0787. The van der Waals surface area contributed by atoms with Crippen molar-refractivity contribution in [2.24, 2.45) is 0 Å². The summed E-state index contributed by atoms with van der Waals surface area (Å²) in [5, 5.41) is 3.39. The highest BCUT2D eigenvalue weighted by Gasteiger charge is 2.19. The summed E-state index contributed by atoms with van der Waals surface area (Å²) in [6.07, 6.45) is 2.86. The van der Waals surface area contributed by atoms with E-state index in [9.17, 15) is 0 Å². The van der Waals surface area contributed by atoms with Gasteiger partial charge in [0, 0.05) is 25.7 Å². The lowest BCUT2D eigenvalue weighted by Gasteiger charge is -2.26. The third kappa shape index (κ3) is 3.80. The van der Waals surface area contributed by atoms with Crippen molar-refractivity contribution < 1.29 is 4.74 Å². The maximum absolute atomic E-state index is 5.68. The van der Waals surface area contributed by atoms with E-state index in [1.54, 1.807) is 0 Å². The van der Waals surface area contributed by atoms with Gasteiger partial charge < -0.3 is 15.0 Å². The minimum Gasteiger partial charge on any atom is -0.377 e. The molecule has 0 spiro atoms. The highest BCUT2D eigenvalue weighted by atomic mass is 16.5. The fraction of sp³-hybridized carbons (Fsp3) is 0.600. The number of likely N-dealkylation sites (N-methyl/N-ethyl adjacent to an activating group) is 2. The molecule has 2 atom stereocenters. The second-order valence-corrected chi connectivity index (χ2v) is 5.11. The van der Waals surface area contributed by atoms with Gasteiger partial charge in [-0.15, -0.1) is 0 Å². The summed E-state index contributed by atoms with van der Waals surface area (Å²) in [7, 11) is 4.20. The van der Waals surface area contributed by atoms with E-state index in [2.05, 4.69) is 47.6 Å². The van der Waals surface area contributed by atoms with Crippen molar-refractivity contribution in [3.8, 4) is 0 Å². The van der Waals surface area contributed by atoms with E-state index < -0.39 is 0 Å². The lowest BCUT2D eigenvalue weighted by Crippen LogP contribution is -2.35. The average Bonchev–Trinajstić information content (AvgIpc) is 2.90. The maximum Gasteiger partial charge on any atom is 0.0702 e. The zero-order chi connectivity index (χ0) is 12.8. The smallest absolute Gasteiger partial charge is 0.0702 e. The van der Waals surface area contributed by atoms with Gasteiger partial charge >= 0.3 is 0 Å². The molecule has 3 heteroatoms. The second kappa shape index (κ2) is 6.88. The Balaban J connectivity index is 1.85. The Morgan fingerprint density at radius 3 is 2.78 bits per heavy atom. The fourth-order valence-electron chi connectivity index (χ4n) is 2.57. The third-order valence-corrected chi connectivity index (χ3v) is 3.58. The van der Waals surface area contributed by atoms with Gasteiger partial charge in [0.1, 0.15) is 0 Å². The van der Waals surface area contributed by atoms with Gasteiger partial charge in [-0.2, -0.15) is 0 Å². The van der Waals surface area contributed by atoms with Crippen LogP contribution in [-0.4, -0.2) is 44.8 Å². The Morgan fingerprint density at radius 1 is 1.39 bits per heavy atom. The number of hydrogen-bond acceptors (Lipinski definition) is 3. The Kier molecular flexibility index (Phi) is 5.17. The van der Waals surface area contributed by atoms with Gasteiger partial charge in [0.2, 0.25) is 0 Å². The molecule has 1 saturated heterocycles. The molecule has 100 valence electrons. The van der Waals surface area contributed by atoms with E-state index in [1.807, 2.05) is 7.05 Å². The van der Waals surface area contributed by atoms with Crippen LogP contribution >= 0.6 is 0 Å². The van der Waals surface area contributed by atoms with Gasteiger partial charge in [0.15, 0.2) is 0 Å². The molecular formula is C15H24N2O. The summed E-state index contributed by atoms with van der Waals surface area (Å²) in [4.78, 5) is 2.37. The molecule has 1 heterocycles. The topological polar surface area (TPSA) is 24.5 Å². The first-order chi connectivity index (χ1) is 8.79. The van der Waals surface area contributed by atoms with E-state index in [0.29, 0.717) is 12.1 Å². The molecule has 0 aromatic heterocycles. The molecule has 0 radical (unpaired) electrons. The highest BCUT2D eigenvalue weighted by Crippen LogP contribution is 2.16. The number of rotatable bonds is 6. The first kappa shape index (κ1) is 13.5. The zero-order valence-corrected chi connectivity index (χ0v) is 11.4. The molecule has 1 aliphatic rings. The first-order valence-electron chi connectivity index (χ1n) is 6.82. The SMILES string of the molecule is CNC(CN(C)CC1CCCO1)c1ccccc1. The highest BCUT2D eigenvalue weighted by molar-refractivity contribution is 5.19. The van der Waals surface area contributed by atoms with Crippen molar-refractivity contribution in [3.63, 3.8) is 0 Å². The summed E-state index contributed by atoms with van der Waals surface area (Å²) in [5.41, 5.74) is 1.35. The van der Waals surface area contributed by atoms with Gasteiger partial charge in [0.25, 0.3) is 0 Å². The molecule has 2 unspecified atom stereocenters. The molecule has 2 rings (SSSR count). The second-order valence-electron chi connectivity index (χ2n) is 5.11. The first-order valence-corrected chi connectivity index (χ1v) is 6.82. The van der Waals surface area contributed by atoms with E-state index >= 15 is 0 Å². The minimum absolute atomic E-state index is 0.387. The Hall–Kier alpha value is -0.900. The van der Waals surface area contributed by atoms with Gasteiger partial charge in [-0.05, 0) is 32.5 Å². The van der Waals surface area contributed by atoms with E-state index in [-0.39, 0.29) is 0 Å². The van der Waals surface area contributed by atoms with Crippen molar-refractivity contribution in [1.82, 2.24) is 10.2 Å². The van der Waals surface area contributed by atoms with Crippen molar-refractivity contribution in [2.75, 3.05) is 33.8 Å². The van der Waals surface area contributed by atoms with Crippen molar-refractivity contribution in [1.29, 1.82) is 0 Å². The van der Waals surface area contributed by atoms with Gasteiger partial charge in [-0.1, -0.05) is 30.3 Å². The number of nitrogens with one attached hydrogen (secondary N) is 1. The molecule has 18 heavy (non-hydrogen) atoms. The van der Waals surface area contributed by atoms with Crippen molar-refractivity contribution in [2.45, 2.75) is 25.0 Å². The average molecular weight is 248 g/mol. The van der Waals surface area contributed by atoms with Crippen LogP contribution < -0.4 is 5.32 Å². The predicted octanol–water partition coefficient (Wildman–Crippen LogP) is 2.06. The van der Waals surface area contributed by atoms with Gasteiger partial charge in [0.05, 0.1) is 6.10 Å². The number of hydrogen-bond donors (Lipinski definition) is 1. The fourth-order valence-corrected chi connectivity index (χ4v) is 2.57.